The lowest BCUT2D eigenvalue weighted by molar-refractivity contribution is 0.161. The summed E-state index contributed by atoms with van der Waals surface area (Å²) in [5, 5.41) is 0. The van der Waals surface area contributed by atoms with E-state index < -0.39 is 0 Å². The van der Waals surface area contributed by atoms with E-state index in [2.05, 4.69) is 16.8 Å². The molecule has 1 atom stereocenters. The Balaban J connectivity index is 2.08. The Bertz CT molecular complexity index is 367. The number of hydrogen-bond acceptors (Lipinski definition) is 4. The Kier molecular flexibility index (Phi) is 3.29. The van der Waals surface area contributed by atoms with Gasteiger partial charge in [0.25, 0.3) is 0 Å². The van der Waals surface area contributed by atoms with Crippen molar-refractivity contribution in [2.24, 2.45) is 5.92 Å². The molecule has 1 aliphatic rings. The van der Waals surface area contributed by atoms with Crippen molar-refractivity contribution in [3.05, 3.63) is 17.8 Å². The summed E-state index contributed by atoms with van der Waals surface area (Å²) in [7, 11) is 1.76. The number of ether oxygens (including phenoxy) is 1. The van der Waals surface area contributed by atoms with Crippen molar-refractivity contribution < 1.29 is 4.74 Å². The summed E-state index contributed by atoms with van der Waals surface area (Å²) < 4.78 is 5.19. The second-order valence-corrected chi connectivity index (χ2v) is 4.47. The topological polar surface area (TPSA) is 51.4 Å². The third-order valence-corrected chi connectivity index (χ3v) is 3.06. The fourth-order valence-corrected chi connectivity index (χ4v) is 2.32. The standard InChI is InChI=1S/C12H19N3O/c1-9-5-11(13)6-14-12(9)15-4-3-10(7-15)8-16-2/h5-6,10H,3-4,7-8,13H2,1-2H3. The molecule has 0 radical (unpaired) electrons. The van der Waals surface area contributed by atoms with Crippen molar-refractivity contribution in [2.75, 3.05) is 37.4 Å². The molecule has 1 saturated heterocycles. The molecule has 0 spiro atoms. The third-order valence-electron chi connectivity index (χ3n) is 3.06. The van der Waals surface area contributed by atoms with Gasteiger partial charge in [0, 0.05) is 26.1 Å². The second-order valence-electron chi connectivity index (χ2n) is 4.47. The van der Waals surface area contributed by atoms with E-state index in [1.807, 2.05) is 6.07 Å². The number of pyridine rings is 1. The minimum Gasteiger partial charge on any atom is -0.397 e. The van der Waals surface area contributed by atoms with Crippen LogP contribution in [0.15, 0.2) is 12.3 Å². The fraction of sp³-hybridized carbons (Fsp3) is 0.583. The lowest BCUT2D eigenvalue weighted by Gasteiger charge is -2.19. The van der Waals surface area contributed by atoms with Gasteiger partial charge in [0.05, 0.1) is 18.5 Å². The van der Waals surface area contributed by atoms with E-state index in [4.69, 9.17) is 10.5 Å². The van der Waals surface area contributed by atoms with Crippen molar-refractivity contribution in [3.8, 4) is 0 Å². The molecule has 4 nitrogen and oxygen atoms in total. The molecule has 16 heavy (non-hydrogen) atoms. The normalized spacial score (nSPS) is 20.4. The van der Waals surface area contributed by atoms with Gasteiger partial charge in [-0.05, 0) is 25.0 Å². The van der Waals surface area contributed by atoms with Gasteiger partial charge in [-0.3, -0.25) is 0 Å². The molecule has 0 aromatic carbocycles. The van der Waals surface area contributed by atoms with Gasteiger partial charge >= 0.3 is 0 Å². The first-order valence-electron chi connectivity index (χ1n) is 5.66. The molecule has 1 unspecified atom stereocenters. The van der Waals surface area contributed by atoms with E-state index >= 15 is 0 Å². The summed E-state index contributed by atoms with van der Waals surface area (Å²) in [4.78, 5) is 6.73. The molecule has 1 fully saturated rings. The number of anilines is 2. The number of nitrogen functional groups attached to an aromatic ring is 1. The molecule has 0 aliphatic carbocycles. The van der Waals surface area contributed by atoms with Crippen LogP contribution in [0.25, 0.3) is 0 Å². The van der Waals surface area contributed by atoms with Crippen molar-refractivity contribution >= 4 is 11.5 Å². The highest BCUT2D eigenvalue weighted by atomic mass is 16.5. The quantitative estimate of drug-likeness (QED) is 0.839. The zero-order valence-corrected chi connectivity index (χ0v) is 9.94. The van der Waals surface area contributed by atoms with Crippen LogP contribution in [-0.2, 0) is 4.74 Å². The predicted octanol–water partition coefficient (Wildman–Crippen LogP) is 1.44. The van der Waals surface area contributed by atoms with Crippen LogP contribution in [0.5, 0.6) is 0 Å². The maximum Gasteiger partial charge on any atom is 0.131 e. The van der Waals surface area contributed by atoms with Crippen LogP contribution in [0.4, 0.5) is 11.5 Å². The summed E-state index contributed by atoms with van der Waals surface area (Å²) in [6.07, 6.45) is 2.91. The Morgan fingerprint density at radius 3 is 3.12 bits per heavy atom. The summed E-state index contributed by atoms with van der Waals surface area (Å²) in [5.41, 5.74) is 7.58. The molecule has 0 bridgehead atoms. The zero-order valence-electron chi connectivity index (χ0n) is 9.94. The van der Waals surface area contributed by atoms with E-state index in [1.165, 1.54) is 6.42 Å². The van der Waals surface area contributed by atoms with Gasteiger partial charge in [-0.2, -0.15) is 0 Å². The van der Waals surface area contributed by atoms with Crippen LogP contribution >= 0.6 is 0 Å². The average molecular weight is 221 g/mol. The van der Waals surface area contributed by atoms with Crippen molar-refractivity contribution in [1.29, 1.82) is 0 Å². The first-order valence-corrected chi connectivity index (χ1v) is 5.66. The van der Waals surface area contributed by atoms with Gasteiger partial charge in [0.1, 0.15) is 5.82 Å². The van der Waals surface area contributed by atoms with Gasteiger partial charge in [-0.15, -0.1) is 0 Å². The molecule has 88 valence electrons. The first kappa shape index (κ1) is 11.2. The van der Waals surface area contributed by atoms with Crippen molar-refractivity contribution in [1.82, 2.24) is 4.98 Å². The monoisotopic (exact) mass is 221 g/mol. The highest BCUT2D eigenvalue weighted by Gasteiger charge is 2.24. The van der Waals surface area contributed by atoms with Gasteiger partial charge in [0.15, 0.2) is 0 Å². The number of hydrogen-bond donors (Lipinski definition) is 1. The lowest BCUT2D eigenvalue weighted by Crippen LogP contribution is -2.22. The molecule has 2 N–H and O–H groups in total. The van der Waals surface area contributed by atoms with E-state index in [0.29, 0.717) is 5.92 Å². The van der Waals surface area contributed by atoms with Crippen LogP contribution in [0, 0.1) is 12.8 Å². The SMILES string of the molecule is COCC1CCN(c2ncc(N)cc2C)C1. The first-order chi connectivity index (χ1) is 7.70. The number of nitrogens with two attached hydrogens (primary N) is 1. The van der Waals surface area contributed by atoms with Gasteiger partial charge in [-0.1, -0.05) is 0 Å². The Morgan fingerprint density at radius 2 is 2.44 bits per heavy atom. The lowest BCUT2D eigenvalue weighted by atomic mass is 10.1. The van der Waals surface area contributed by atoms with Crippen molar-refractivity contribution in [2.45, 2.75) is 13.3 Å². The smallest absolute Gasteiger partial charge is 0.131 e. The van der Waals surface area contributed by atoms with E-state index in [1.54, 1.807) is 13.3 Å². The Hall–Kier alpha value is -1.29. The summed E-state index contributed by atoms with van der Waals surface area (Å²) in [6.45, 7) is 4.99. The minimum atomic E-state index is 0.628. The number of aromatic nitrogens is 1. The third kappa shape index (κ3) is 2.27. The molecule has 2 heterocycles. The van der Waals surface area contributed by atoms with E-state index in [9.17, 15) is 0 Å². The molecule has 0 saturated carbocycles. The average Bonchev–Trinajstić information content (AvgIpc) is 2.67. The largest absolute Gasteiger partial charge is 0.397 e. The van der Waals surface area contributed by atoms with Crippen LogP contribution in [0.2, 0.25) is 0 Å². The number of aryl methyl sites for hydroxylation is 1. The van der Waals surface area contributed by atoms with Crippen LogP contribution in [0.3, 0.4) is 0 Å². The maximum atomic E-state index is 5.70. The molecule has 1 aromatic rings. The highest BCUT2D eigenvalue weighted by molar-refractivity contribution is 5.53. The van der Waals surface area contributed by atoms with Gasteiger partial charge in [0.2, 0.25) is 0 Å². The van der Waals surface area contributed by atoms with Crippen molar-refractivity contribution in [3.63, 3.8) is 0 Å². The second kappa shape index (κ2) is 4.70. The van der Waals surface area contributed by atoms with Crippen LogP contribution < -0.4 is 10.6 Å². The molecular formula is C12H19N3O. The molecule has 1 aliphatic heterocycles. The Morgan fingerprint density at radius 1 is 1.62 bits per heavy atom. The van der Waals surface area contributed by atoms with Crippen LogP contribution in [0.1, 0.15) is 12.0 Å². The summed E-state index contributed by atoms with van der Waals surface area (Å²) in [6, 6.07) is 1.98. The number of methoxy groups -OCH3 is 1. The van der Waals surface area contributed by atoms with Gasteiger partial charge < -0.3 is 15.4 Å². The molecule has 0 amide bonds. The summed E-state index contributed by atoms with van der Waals surface area (Å²) in [5.74, 6) is 1.69. The highest BCUT2D eigenvalue weighted by Crippen LogP contribution is 2.25. The Labute approximate surface area is 96.4 Å². The predicted molar refractivity (Wildman–Crippen MR) is 65.6 cm³/mol. The molecular weight excluding hydrogens is 202 g/mol. The molecule has 2 rings (SSSR count). The minimum absolute atomic E-state index is 0.628. The number of nitrogens with zero attached hydrogens (tertiary/aromatic N) is 2. The molecule has 1 aromatic heterocycles. The maximum absolute atomic E-state index is 5.70. The summed E-state index contributed by atoms with van der Waals surface area (Å²) >= 11 is 0. The molecule has 4 heteroatoms. The van der Waals surface area contributed by atoms with E-state index in [-0.39, 0.29) is 0 Å². The zero-order chi connectivity index (χ0) is 11.5. The van der Waals surface area contributed by atoms with Gasteiger partial charge in [-0.25, -0.2) is 4.98 Å². The number of rotatable bonds is 3. The fourth-order valence-electron chi connectivity index (χ4n) is 2.32. The van der Waals surface area contributed by atoms with E-state index in [0.717, 1.165) is 36.8 Å². The van der Waals surface area contributed by atoms with Crippen LogP contribution in [-0.4, -0.2) is 31.8 Å².